The number of nitrogens with one attached hydrogen (secondary N) is 2. The lowest BCUT2D eigenvalue weighted by molar-refractivity contribution is 0.125. The first-order chi connectivity index (χ1) is 10.6. The van der Waals surface area contributed by atoms with Crippen molar-refractivity contribution in [3.63, 3.8) is 0 Å². The number of thioether (sulfide) groups is 1. The summed E-state index contributed by atoms with van der Waals surface area (Å²) in [6.07, 6.45) is 2.12. The SMILES string of the molecule is CCNC(=NCC(C)(C)SC)NCCOCc1ccccc1.I. The van der Waals surface area contributed by atoms with E-state index in [4.69, 9.17) is 4.74 Å². The summed E-state index contributed by atoms with van der Waals surface area (Å²) >= 11 is 1.83. The molecule has 0 aromatic heterocycles. The molecule has 0 spiro atoms. The van der Waals surface area contributed by atoms with Gasteiger partial charge in [0.2, 0.25) is 0 Å². The summed E-state index contributed by atoms with van der Waals surface area (Å²) in [4.78, 5) is 4.63. The highest BCUT2D eigenvalue weighted by atomic mass is 127. The molecule has 2 N–H and O–H groups in total. The number of benzene rings is 1. The number of aliphatic imine (C=N–C) groups is 1. The van der Waals surface area contributed by atoms with Gasteiger partial charge >= 0.3 is 0 Å². The van der Waals surface area contributed by atoms with Crippen molar-refractivity contribution in [2.24, 2.45) is 4.99 Å². The van der Waals surface area contributed by atoms with E-state index < -0.39 is 0 Å². The maximum atomic E-state index is 5.67. The topological polar surface area (TPSA) is 45.7 Å². The summed E-state index contributed by atoms with van der Waals surface area (Å²) in [5.74, 6) is 0.855. The molecule has 1 aromatic carbocycles. The number of halogens is 1. The van der Waals surface area contributed by atoms with Gasteiger partial charge in [0, 0.05) is 17.8 Å². The minimum Gasteiger partial charge on any atom is -0.375 e. The Kier molecular flexibility index (Phi) is 12.6. The molecule has 1 rings (SSSR count). The van der Waals surface area contributed by atoms with Gasteiger partial charge in [-0.1, -0.05) is 30.3 Å². The molecule has 0 atom stereocenters. The van der Waals surface area contributed by atoms with Crippen molar-refractivity contribution >= 4 is 41.7 Å². The molecule has 0 fully saturated rings. The molecule has 0 aliphatic heterocycles. The second-order valence-corrected chi connectivity index (χ2v) is 7.14. The van der Waals surface area contributed by atoms with Crippen LogP contribution in [0, 0.1) is 0 Å². The molecule has 132 valence electrons. The van der Waals surface area contributed by atoms with E-state index in [-0.39, 0.29) is 28.7 Å². The zero-order valence-electron chi connectivity index (χ0n) is 14.6. The third-order valence-corrected chi connectivity index (χ3v) is 4.40. The lowest BCUT2D eigenvalue weighted by Crippen LogP contribution is -2.40. The molecule has 0 bridgehead atoms. The van der Waals surface area contributed by atoms with Gasteiger partial charge in [0.1, 0.15) is 0 Å². The van der Waals surface area contributed by atoms with Gasteiger partial charge in [0.25, 0.3) is 0 Å². The third-order valence-electron chi connectivity index (χ3n) is 3.17. The molecule has 0 amide bonds. The van der Waals surface area contributed by atoms with Crippen LogP contribution in [0.4, 0.5) is 0 Å². The van der Waals surface area contributed by atoms with Crippen LogP contribution in [0.1, 0.15) is 26.3 Å². The van der Waals surface area contributed by atoms with E-state index in [0.717, 1.165) is 25.6 Å². The second kappa shape index (κ2) is 12.9. The van der Waals surface area contributed by atoms with E-state index in [2.05, 4.69) is 54.8 Å². The lowest BCUT2D eigenvalue weighted by atomic mass is 10.2. The number of nitrogens with zero attached hydrogens (tertiary/aromatic N) is 1. The van der Waals surface area contributed by atoms with Crippen LogP contribution < -0.4 is 10.6 Å². The fourth-order valence-electron chi connectivity index (χ4n) is 1.68. The van der Waals surface area contributed by atoms with Crippen molar-refractivity contribution < 1.29 is 4.74 Å². The van der Waals surface area contributed by atoms with Gasteiger partial charge in [-0.15, -0.1) is 24.0 Å². The van der Waals surface area contributed by atoms with E-state index >= 15 is 0 Å². The van der Waals surface area contributed by atoms with Gasteiger partial charge in [-0.3, -0.25) is 4.99 Å². The summed E-state index contributed by atoms with van der Waals surface area (Å²) in [6, 6.07) is 10.2. The fraction of sp³-hybridized carbons (Fsp3) is 0.588. The van der Waals surface area contributed by atoms with E-state index in [1.54, 1.807) is 0 Å². The Morgan fingerprint density at radius 2 is 1.91 bits per heavy atom. The molecular formula is C17H30IN3OS. The van der Waals surface area contributed by atoms with E-state index in [1.807, 2.05) is 30.0 Å². The standard InChI is InChI=1S/C17H29N3OS.HI/c1-5-18-16(20-14-17(2,3)22-4)19-11-12-21-13-15-9-7-6-8-10-15;/h6-10H,5,11-14H2,1-4H3,(H2,18,19,20);1H. The van der Waals surface area contributed by atoms with E-state index in [0.29, 0.717) is 13.2 Å². The maximum absolute atomic E-state index is 5.67. The normalized spacial score (nSPS) is 11.7. The summed E-state index contributed by atoms with van der Waals surface area (Å²) in [5.41, 5.74) is 1.20. The van der Waals surface area contributed by atoms with Crippen LogP contribution in [-0.2, 0) is 11.3 Å². The largest absolute Gasteiger partial charge is 0.375 e. The lowest BCUT2D eigenvalue weighted by Gasteiger charge is -2.20. The van der Waals surface area contributed by atoms with E-state index in [9.17, 15) is 0 Å². The Bertz CT molecular complexity index is 441. The van der Waals surface area contributed by atoms with Crippen molar-refractivity contribution in [1.82, 2.24) is 10.6 Å². The molecule has 0 radical (unpaired) electrons. The predicted octanol–water partition coefficient (Wildman–Crippen LogP) is 3.52. The number of hydrogen-bond donors (Lipinski definition) is 2. The molecule has 6 heteroatoms. The quantitative estimate of drug-likeness (QED) is 0.261. The predicted molar refractivity (Wildman–Crippen MR) is 113 cm³/mol. The molecule has 0 unspecified atom stereocenters. The Balaban J connectivity index is 0.00000484. The third kappa shape index (κ3) is 10.8. The van der Waals surface area contributed by atoms with Gasteiger partial charge in [0.05, 0.1) is 19.8 Å². The van der Waals surface area contributed by atoms with Crippen LogP contribution in [0.25, 0.3) is 0 Å². The number of ether oxygens (including phenoxy) is 1. The molecular weight excluding hydrogens is 421 g/mol. The van der Waals surface area contributed by atoms with Crippen molar-refractivity contribution in [3.05, 3.63) is 35.9 Å². The molecule has 23 heavy (non-hydrogen) atoms. The minimum absolute atomic E-state index is 0. The van der Waals surface area contributed by atoms with Crippen molar-refractivity contribution in [2.75, 3.05) is 32.5 Å². The first-order valence-electron chi connectivity index (χ1n) is 7.76. The monoisotopic (exact) mass is 451 g/mol. The minimum atomic E-state index is 0. The maximum Gasteiger partial charge on any atom is 0.191 e. The molecule has 0 saturated heterocycles. The zero-order chi connectivity index (χ0) is 16.3. The van der Waals surface area contributed by atoms with Crippen LogP contribution in [0.2, 0.25) is 0 Å². The van der Waals surface area contributed by atoms with Gasteiger partial charge in [-0.05, 0) is 32.6 Å². The highest BCUT2D eigenvalue weighted by molar-refractivity contribution is 14.0. The van der Waals surface area contributed by atoms with Crippen LogP contribution in [-0.4, -0.2) is 43.2 Å². The average molecular weight is 451 g/mol. The highest BCUT2D eigenvalue weighted by Crippen LogP contribution is 2.20. The Morgan fingerprint density at radius 3 is 2.52 bits per heavy atom. The molecule has 1 aromatic rings. The summed E-state index contributed by atoms with van der Waals surface area (Å²) in [5, 5.41) is 6.57. The number of hydrogen-bond acceptors (Lipinski definition) is 3. The second-order valence-electron chi connectivity index (χ2n) is 5.62. The molecule has 0 saturated carbocycles. The summed E-state index contributed by atoms with van der Waals surface area (Å²) < 4.78 is 5.82. The van der Waals surface area contributed by atoms with Gasteiger partial charge in [-0.2, -0.15) is 11.8 Å². The van der Waals surface area contributed by atoms with Gasteiger partial charge in [-0.25, -0.2) is 0 Å². The first kappa shape index (κ1) is 22.5. The molecule has 0 aliphatic rings. The first-order valence-corrected chi connectivity index (χ1v) is 8.99. The van der Waals surface area contributed by atoms with E-state index in [1.165, 1.54) is 5.56 Å². The number of guanidine groups is 1. The van der Waals surface area contributed by atoms with Gasteiger partial charge in [0.15, 0.2) is 5.96 Å². The Morgan fingerprint density at radius 1 is 1.22 bits per heavy atom. The molecule has 4 nitrogen and oxygen atoms in total. The molecule has 0 aliphatic carbocycles. The fourth-order valence-corrected chi connectivity index (χ4v) is 1.88. The van der Waals surface area contributed by atoms with Crippen LogP contribution in [0.5, 0.6) is 0 Å². The van der Waals surface area contributed by atoms with Crippen LogP contribution in [0.3, 0.4) is 0 Å². The molecule has 0 heterocycles. The van der Waals surface area contributed by atoms with Gasteiger partial charge < -0.3 is 15.4 Å². The highest BCUT2D eigenvalue weighted by Gasteiger charge is 2.15. The Labute approximate surface area is 162 Å². The van der Waals surface area contributed by atoms with Crippen molar-refractivity contribution in [3.8, 4) is 0 Å². The van der Waals surface area contributed by atoms with Crippen LogP contribution in [0.15, 0.2) is 35.3 Å². The summed E-state index contributed by atoms with van der Waals surface area (Å²) in [6.45, 7) is 10.2. The number of rotatable bonds is 9. The average Bonchev–Trinajstić information content (AvgIpc) is 2.53. The smallest absolute Gasteiger partial charge is 0.191 e. The van der Waals surface area contributed by atoms with Crippen molar-refractivity contribution in [2.45, 2.75) is 32.1 Å². The summed E-state index contributed by atoms with van der Waals surface area (Å²) in [7, 11) is 0. The van der Waals surface area contributed by atoms with Crippen molar-refractivity contribution in [1.29, 1.82) is 0 Å². The Hall–Kier alpha value is -0.470. The zero-order valence-corrected chi connectivity index (χ0v) is 17.7. The van der Waals surface area contributed by atoms with Crippen LogP contribution >= 0.6 is 35.7 Å².